The maximum Gasteiger partial charge on any atom is 0.269 e. The summed E-state index contributed by atoms with van der Waals surface area (Å²) >= 11 is 0. The van der Waals surface area contributed by atoms with Crippen molar-refractivity contribution in [2.75, 3.05) is 6.54 Å². The lowest BCUT2D eigenvalue weighted by Gasteiger charge is -2.11. The molecule has 1 unspecified atom stereocenters. The van der Waals surface area contributed by atoms with Crippen LogP contribution in [0.1, 0.15) is 60.9 Å². The molecule has 0 aliphatic heterocycles. The van der Waals surface area contributed by atoms with Crippen molar-refractivity contribution in [2.45, 2.75) is 46.1 Å². The van der Waals surface area contributed by atoms with E-state index in [0.29, 0.717) is 12.1 Å². The second kappa shape index (κ2) is 8.30. The van der Waals surface area contributed by atoms with Crippen molar-refractivity contribution in [3.63, 3.8) is 0 Å². The predicted molar refractivity (Wildman–Crippen MR) is 78.7 cm³/mol. The Bertz CT molecular complexity index is 460. The number of aromatic nitrogens is 1. The van der Waals surface area contributed by atoms with E-state index in [1.807, 2.05) is 13.8 Å². The Balaban J connectivity index is 2.70. The molecule has 0 aliphatic rings. The monoisotopic (exact) mass is 277 g/mol. The normalized spacial score (nSPS) is 11.8. The van der Waals surface area contributed by atoms with Gasteiger partial charge in [0.05, 0.1) is 0 Å². The molecule has 1 aromatic heterocycles. The van der Waals surface area contributed by atoms with E-state index >= 15 is 0 Å². The van der Waals surface area contributed by atoms with E-state index in [-0.39, 0.29) is 23.6 Å². The molecule has 20 heavy (non-hydrogen) atoms. The summed E-state index contributed by atoms with van der Waals surface area (Å²) in [4.78, 5) is 27.9. The van der Waals surface area contributed by atoms with E-state index in [0.717, 1.165) is 19.3 Å². The molecule has 0 spiro atoms. The van der Waals surface area contributed by atoms with Crippen LogP contribution >= 0.6 is 0 Å². The van der Waals surface area contributed by atoms with Gasteiger partial charge in [-0.05, 0) is 31.9 Å². The number of rotatable bonds is 7. The molecule has 1 rings (SSSR count). The molecule has 0 saturated carbocycles. The standard InChI is InChI=1S/C15H23N3O2/c1-4-6-8-17-15(20)13-10-12(7-9-16-13)14(19)18-11(3)5-2/h7,9-11H,4-6,8H2,1-3H3,(H,17,20)(H,18,19). The summed E-state index contributed by atoms with van der Waals surface area (Å²) in [7, 11) is 0. The van der Waals surface area contributed by atoms with Crippen LogP contribution in [0.3, 0.4) is 0 Å². The van der Waals surface area contributed by atoms with Gasteiger partial charge in [-0.15, -0.1) is 0 Å². The third-order valence-electron chi connectivity index (χ3n) is 3.06. The zero-order valence-corrected chi connectivity index (χ0v) is 12.4. The first kappa shape index (κ1) is 16.1. The summed E-state index contributed by atoms with van der Waals surface area (Å²) in [6.07, 6.45) is 4.30. The molecular weight excluding hydrogens is 254 g/mol. The molecule has 0 radical (unpaired) electrons. The highest BCUT2D eigenvalue weighted by Crippen LogP contribution is 2.03. The van der Waals surface area contributed by atoms with E-state index in [9.17, 15) is 9.59 Å². The summed E-state index contributed by atoms with van der Waals surface area (Å²) in [6, 6.07) is 3.25. The van der Waals surface area contributed by atoms with Crippen LogP contribution in [0.25, 0.3) is 0 Å². The number of pyridine rings is 1. The van der Waals surface area contributed by atoms with Gasteiger partial charge in [0.25, 0.3) is 11.8 Å². The van der Waals surface area contributed by atoms with Gasteiger partial charge in [0, 0.05) is 24.3 Å². The molecule has 2 amide bonds. The third-order valence-corrected chi connectivity index (χ3v) is 3.06. The quantitative estimate of drug-likeness (QED) is 0.750. The van der Waals surface area contributed by atoms with Gasteiger partial charge >= 0.3 is 0 Å². The van der Waals surface area contributed by atoms with Gasteiger partial charge in [-0.1, -0.05) is 20.3 Å². The zero-order valence-electron chi connectivity index (χ0n) is 12.4. The number of amides is 2. The fourth-order valence-electron chi connectivity index (χ4n) is 1.57. The van der Waals surface area contributed by atoms with Crippen molar-refractivity contribution >= 4 is 11.8 Å². The van der Waals surface area contributed by atoms with Crippen LogP contribution < -0.4 is 10.6 Å². The van der Waals surface area contributed by atoms with Crippen molar-refractivity contribution in [2.24, 2.45) is 0 Å². The van der Waals surface area contributed by atoms with E-state index in [1.54, 1.807) is 6.07 Å². The van der Waals surface area contributed by atoms with Crippen LogP contribution in [0.2, 0.25) is 0 Å². The zero-order chi connectivity index (χ0) is 15.0. The van der Waals surface area contributed by atoms with Gasteiger partial charge in [-0.2, -0.15) is 0 Å². The second-order valence-electron chi connectivity index (χ2n) is 4.82. The second-order valence-corrected chi connectivity index (χ2v) is 4.82. The number of hydrogen-bond acceptors (Lipinski definition) is 3. The van der Waals surface area contributed by atoms with Crippen molar-refractivity contribution < 1.29 is 9.59 Å². The highest BCUT2D eigenvalue weighted by Gasteiger charge is 2.12. The Kier molecular flexibility index (Phi) is 6.70. The molecule has 0 saturated heterocycles. The lowest BCUT2D eigenvalue weighted by molar-refractivity contribution is 0.0939. The van der Waals surface area contributed by atoms with Crippen LogP contribution in [0.15, 0.2) is 18.3 Å². The Morgan fingerprint density at radius 3 is 2.70 bits per heavy atom. The Morgan fingerprint density at radius 1 is 1.30 bits per heavy atom. The van der Waals surface area contributed by atoms with Gasteiger partial charge in [-0.25, -0.2) is 0 Å². The molecule has 0 bridgehead atoms. The molecule has 0 fully saturated rings. The lowest BCUT2D eigenvalue weighted by atomic mass is 10.2. The van der Waals surface area contributed by atoms with Crippen molar-refractivity contribution in [3.8, 4) is 0 Å². The number of nitrogens with zero attached hydrogens (tertiary/aromatic N) is 1. The van der Waals surface area contributed by atoms with Gasteiger partial charge in [-0.3, -0.25) is 14.6 Å². The topological polar surface area (TPSA) is 71.1 Å². The van der Waals surface area contributed by atoms with Gasteiger partial charge in [0.15, 0.2) is 0 Å². The summed E-state index contributed by atoms with van der Waals surface area (Å²) in [5.41, 5.74) is 0.735. The molecule has 5 nitrogen and oxygen atoms in total. The summed E-state index contributed by atoms with van der Waals surface area (Å²) in [6.45, 7) is 6.63. The Labute approximate surface area is 120 Å². The lowest BCUT2D eigenvalue weighted by Crippen LogP contribution is -2.32. The van der Waals surface area contributed by atoms with E-state index < -0.39 is 0 Å². The van der Waals surface area contributed by atoms with Crippen LogP contribution in [0.4, 0.5) is 0 Å². The van der Waals surface area contributed by atoms with Gasteiger partial charge < -0.3 is 10.6 Å². The summed E-state index contributed by atoms with van der Waals surface area (Å²) in [5, 5.41) is 5.65. The first-order chi connectivity index (χ1) is 9.58. The largest absolute Gasteiger partial charge is 0.351 e. The maximum atomic E-state index is 12.0. The van der Waals surface area contributed by atoms with E-state index in [2.05, 4.69) is 22.5 Å². The number of carbonyl (C=O) groups is 2. The fourth-order valence-corrected chi connectivity index (χ4v) is 1.57. The third kappa shape index (κ3) is 4.99. The SMILES string of the molecule is CCCCNC(=O)c1cc(C(=O)NC(C)CC)ccn1. The minimum atomic E-state index is -0.239. The Morgan fingerprint density at radius 2 is 2.05 bits per heavy atom. The number of hydrogen-bond donors (Lipinski definition) is 2. The molecule has 110 valence electrons. The van der Waals surface area contributed by atoms with Crippen molar-refractivity contribution in [1.82, 2.24) is 15.6 Å². The first-order valence-electron chi connectivity index (χ1n) is 7.13. The van der Waals surface area contributed by atoms with E-state index in [1.165, 1.54) is 12.3 Å². The summed E-state index contributed by atoms with van der Waals surface area (Å²) in [5.74, 6) is -0.416. The first-order valence-corrected chi connectivity index (χ1v) is 7.13. The molecule has 1 atom stereocenters. The van der Waals surface area contributed by atoms with Crippen molar-refractivity contribution in [1.29, 1.82) is 0 Å². The number of carbonyl (C=O) groups excluding carboxylic acids is 2. The minimum Gasteiger partial charge on any atom is -0.351 e. The molecular formula is C15H23N3O2. The van der Waals surface area contributed by atoms with Crippen LogP contribution in [-0.2, 0) is 0 Å². The van der Waals surface area contributed by atoms with Crippen LogP contribution in [-0.4, -0.2) is 29.4 Å². The average molecular weight is 277 g/mol. The molecule has 5 heteroatoms. The minimum absolute atomic E-state index is 0.109. The highest BCUT2D eigenvalue weighted by atomic mass is 16.2. The molecule has 0 aromatic carbocycles. The maximum absolute atomic E-state index is 12.0. The van der Waals surface area contributed by atoms with E-state index in [4.69, 9.17) is 0 Å². The number of unbranched alkanes of at least 4 members (excludes halogenated alkanes) is 1. The van der Waals surface area contributed by atoms with Crippen molar-refractivity contribution in [3.05, 3.63) is 29.6 Å². The predicted octanol–water partition coefficient (Wildman–Crippen LogP) is 2.14. The molecule has 1 aromatic rings. The molecule has 2 N–H and O–H groups in total. The van der Waals surface area contributed by atoms with Gasteiger partial charge in [0.2, 0.25) is 0 Å². The number of nitrogens with one attached hydrogen (secondary N) is 2. The fraction of sp³-hybridized carbons (Fsp3) is 0.533. The van der Waals surface area contributed by atoms with Crippen LogP contribution in [0, 0.1) is 0 Å². The Hall–Kier alpha value is -1.91. The summed E-state index contributed by atoms with van der Waals surface area (Å²) < 4.78 is 0. The molecule has 1 heterocycles. The highest BCUT2D eigenvalue weighted by molar-refractivity contribution is 5.98. The average Bonchev–Trinajstić information content (AvgIpc) is 2.47. The van der Waals surface area contributed by atoms with Crippen LogP contribution in [0.5, 0.6) is 0 Å². The molecule has 0 aliphatic carbocycles. The smallest absolute Gasteiger partial charge is 0.269 e. The van der Waals surface area contributed by atoms with Gasteiger partial charge in [0.1, 0.15) is 5.69 Å².